The number of hydrogen-bond donors (Lipinski definition) is 1. The van der Waals surface area contributed by atoms with Crippen molar-refractivity contribution in [3.63, 3.8) is 0 Å². The van der Waals surface area contributed by atoms with E-state index in [9.17, 15) is 19.7 Å². The van der Waals surface area contributed by atoms with Crippen LogP contribution in [0.1, 0.15) is 22.8 Å². The van der Waals surface area contributed by atoms with E-state index in [4.69, 9.17) is 12.2 Å². The minimum atomic E-state index is -0.786. The lowest BCUT2D eigenvalue weighted by Crippen LogP contribution is -2.45. The maximum absolute atomic E-state index is 12.7. The van der Waals surface area contributed by atoms with Crippen molar-refractivity contribution < 1.29 is 14.5 Å². The molecule has 9 heteroatoms. The minimum Gasteiger partial charge on any atom is -0.267 e. The van der Waals surface area contributed by atoms with E-state index in [1.165, 1.54) is 24.3 Å². The Balaban J connectivity index is 1.78. The highest BCUT2D eigenvalue weighted by Gasteiger charge is 2.34. The Hall–Kier alpha value is -3.30. The molecule has 1 N–H and O–H groups in total. The second-order valence-corrected chi connectivity index (χ2v) is 7.71. The molecule has 0 atom stereocenters. The summed E-state index contributed by atoms with van der Waals surface area (Å²) in [6.07, 6.45) is 3.60. The Morgan fingerprint density at radius 3 is 2.52 bits per heavy atom. The fourth-order valence-electron chi connectivity index (χ4n) is 2.61. The van der Waals surface area contributed by atoms with Crippen molar-refractivity contribution in [3.05, 3.63) is 92.4 Å². The average molecular weight is 425 g/mol. The molecule has 1 fully saturated rings. The quantitative estimate of drug-likeness (QED) is 0.336. The summed E-state index contributed by atoms with van der Waals surface area (Å²) in [6.45, 7) is 1.85. The van der Waals surface area contributed by atoms with Gasteiger partial charge in [0.2, 0.25) is 0 Å². The zero-order chi connectivity index (χ0) is 21.0. The van der Waals surface area contributed by atoms with Gasteiger partial charge in [-0.2, -0.15) is 5.01 Å². The fourth-order valence-corrected chi connectivity index (χ4v) is 3.84. The lowest BCUT2D eigenvalue weighted by Gasteiger charge is -2.15. The van der Waals surface area contributed by atoms with Crippen LogP contribution in [0.2, 0.25) is 0 Å². The summed E-state index contributed by atoms with van der Waals surface area (Å²) in [7, 11) is 0. The zero-order valence-electron chi connectivity index (χ0n) is 15.2. The van der Waals surface area contributed by atoms with Gasteiger partial charge in [0.15, 0.2) is 4.32 Å². The summed E-state index contributed by atoms with van der Waals surface area (Å²) in [5, 5.41) is 12.0. The predicted molar refractivity (Wildman–Crippen MR) is 116 cm³/mol. The summed E-state index contributed by atoms with van der Waals surface area (Å²) in [5.41, 5.74) is 3.67. The van der Waals surface area contributed by atoms with Crippen LogP contribution in [-0.4, -0.2) is 26.1 Å². The van der Waals surface area contributed by atoms with Gasteiger partial charge in [-0.25, -0.2) is 0 Å². The third-order valence-corrected chi connectivity index (χ3v) is 5.21. The minimum absolute atomic E-state index is 0.140. The van der Waals surface area contributed by atoms with E-state index in [1.54, 1.807) is 6.08 Å². The molecule has 1 aliphatic rings. The molecule has 0 unspecified atom stereocenters. The normalized spacial score (nSPS) is 15.7. The van der Waals surface area contributed by atoms with Crippen molar-refractivity contribution in [1.82, 2.24) is 10.4 Å². The molecule has 29 heavy (non-hydrogen) atoms. The molecular formula is C20H15N3O4S2. The molecule has 3 rings (SSSR count). The number of hydrogen-bond acceptors (Lipinski definition) is 6. The van der Waals surface area contributed by atoms with Crippen LogP contribution in [0.3, 0.4) is 0 Å². The highest BCUT2D eigenvalue weighted by Crippen LogP contribution is 2.31. The molecule has 2 amide bonds. The number of nitro groups is 1. The molecule has 2 aromatic carbocycles. The van der Waals surface area contributed by atoms with E-state index in [0.29, 0.717) is 4.91 Å². The Morgan fingerprint density at radius 1 is 1.17 bits per heavy atom. The molecule has 1 saturated heterocycles. The van der Waals surface area contributed by atoms with E-state index >= 15 is 0 Å². The van der Waals surface area contributed by atoms with E-state index in [1.807, 2.05) is 43.3 Å². The maximum Gasteiger partial charge on any atom is 0.285 e. The van der Waals surface area contributed by atoms with Crippen LogP contribution in [0.15, 0.2) is 71.2 Å². The van der Waals surface area contributed by atoms with Gasteiger partial charge in [0.1, 0.15) is 5.56 Å². The molecule has 7 nitrogen and oxygen atoms in total. The number of thioether (sulfide) groups is 1. The third kappa shape index (κ3) is 4.76. The zero-order valence-corrected chi connectivity index (χ0v) is 16.8. The topological polar surface area (TPSA) is 92.6 Å². The predicted octanol–water partition coefficient (Wildman–Crippen LogP) is 4.09. The molecule has 0 bridgehead atoms. The second-order valence-electron chi connectivity index (χ2n) is 6.03. The molecule has 0 aromatic heterocycles. The molecule has 1 heterocycles. The van der Waals surface area contributed by atoms with Crippen LogP contribution in [0.5, 0.6) is 0 Å². The van der Waals surface area contributed by atoms with Gasteiger partial charge in [0.25, 0.3) is 17.5 Å². The van der Waals surface area contributed by atoms with Crippen molar-refractivity contribution in [3.8, 4) is 0 Å². The largest absolute Gasteiger partial charge is 0.285 e. The van der Waals surface area contributed by atoms with Gasteiger partial charge in [-0.05, 0) is 42.4 Å². The van der Waals surface area contributed by atoms with Crippen LogP contribution < -0.4 is 5.43 Å². The first-order valence-electron chi connectivity index (χ1n) is 8.42. The Labute approximate surface area is 176 Å². The van der Waals surface area contributed by atoms with Crippen LogP contribution in [-0.2, 0) is 4.79 Å². The molecule has 2 aromatic rings. The van der Waals surface area contributed by atoms with E-state index in [0.717, 1.165) is 27.9 Å². The van der Waals surface area contributed by atoms with Gasteiger partial charge in [-0.3, -0.25) is 25.1 Å². The molecule has 0 saturated carbocycles. The summed E-state index contributed by atoms with van der Waals surface area (Å²) in [6, 6.07) is 15.1. The lowest BCUT2D eigenvalue weighted by atomic mass is 10.1. The number of amides is 2. The van der Waals surface area contributed by atoms with Gasteiger partial charge in [-0.1, -0.05) is 60.3 Å². The van der Waals surface area contributed by atoms with Crippen LogP contribution in [0.4, 0.5) is 5.69 Å². The molecule has 0 aliphatic carbocycles. The number of benzene rings is 2. The van der Waals surface area contributed by atoms with Crippen LogP contribution in [0.25, 0.3) is 6.08 Å². The first kappa shape index (κ1) is 20.4. The lowest BCUT2D eigenvalue weighted by molar-refractivity contribution is -0.385. The molecule has 0 spiro atoms. The average Bonchev–Trinajstić information content (AvgIpc) is 2.95. The van der Waals surface area contributed by atoms with Gasteiger partial charge in [0, 0.05) is 6.07 Å². The van der Waals surface area contributed by atoms with Crippen molar-refractivity contribution >= 4 is 51.9 Å². The number of thiocarbonyl (C=S) groups is 1. The van der Waals surface area contributed by atoms with Crippen molar-refractivity contribution in [1.29, 1.82) is 0 Å². The van der Waals surface area contributed by atoms with Crippen LogP contribution in [0, 0.1) is 10.1 Å². The number of rotatable bonds is 5. The van der Waals surface area contributed by atoms with Crippen LogP contribution >= 0.6 is 24.0 Å². The van der Waals surface area contributed by atoms with E-state index in [2.05, 4.69) is 5.43 Å². The van der Waals surface area contributed by atoms with Gasteiger partial charge in [0.05, 0.1) is 9.83 Å². The van der Waals surface area contributed by atoms with Crippen molar-refractivity contribution in [2.24, 2.45) is 0 Å². The van der Waals surface area contributed by atoms with Crippen molar-refractivity contribution in [2.75, 3.05) is 0 Å². The summed E-state index contributed by atoms with van der Waals surface area (Å²) in [4.78, 5) is 35.9. The number of hydrazine groups is 1. The standard InChI is InChI=1S/C20H15N3O4S2/c1-13(11-14-7-3-2-4-8-14)12-17-19(25)22(20(28)29-17)21-18(24)15-9-5-6-10-16(15)23(26)27/h2-12H,1H3,(H,21,24)/b13-11+,17-12+. The van der Waals surface area contributed by atoms with E-state index in [-0.39, 0.29) is 15.6 Å². The molecule has 0 radical (unpaired) electrons. The Bertz CT molecular complexity index is 1060. The van der Waals surface area contributed by atoms with Gasteiger partial charge < -0.3 is 0 Å². The molecule has 1 aliphatic heterocycles. The first-order chi connectivity index (χ1) is 13.9. The number of nitrogens with one attached hydrogen (secondary N) is 1. The first-order valence-corrected chi connectivity index (χ1v) is 9.65. The highest BCUT2D eigenvalue weighted by molar-refractivity contribution is 8.26. The summed E-state index contributed by atoms with van der Waals surface area (Å²) >= 11 is 6.24. The SMILES string of the molecule is CC(=C\c1ccccc1)/C=C1/SC(=S)N(NC(=O)c2ccccc2[N+](=O)[O-])C1=O. The molecule has 146 valence electrons. The smallest absolute Gasteiger partial charge is 0.267 e. The summed E-state index contributed by atoms with van der Waals surface area (Å²) in [5.74, 6) is -1.28. The number of nitro benzene ring substituents is 1. The second kappa shape index (κ2) is 8.80. The van der Waals surface area contributed by atoms with Gasteiger partial charge >= 0.3 is 0 Å². The Morgan fingerprint density at radius 2 is 1.83 bits per heavy atom. The highest BCUT2D eigenvalue weighted by atomic mass is 32.2. The summed E-state index contributed by atoms with van der Waals surface area (Å²) < 4.78 is 0.140. The number of carbonyl (C=O) groups is 2. The maximum atomic E-state index is 12.7. The molecular weight excluding hydrogens is 410 g/mol. The fraction of sp³-hybridized carbons (Fsp3) is 0.0500. The van der Waals surface area contributed by atoms with Gasteiger partial charge in [-0.15, -0.1) is 0 Å². The van der Waals surface area contributed by atoms with Crippen molar-refractivity contribution in [2.45, 2.75) is 6.92 Å². The number of carbonyl (C=O) groups excluding carboxylic acids is 2. The number of nitrogens with zero attached hydrogens (tertiary/aromatic N) is 2. The number of allylic oxidation sites excluding steroid dienone is 2. The third-order valence-electron chi connectivity index (χ3n) is 3.91. The van der Waals surface area contributed by atoms with E-state index < -0.39 is 16.7 Å². The Kier molecular flexibility index (Phi) is 6.20. The monoisotopic (exact) mass is 425 g/mol. The number of para-hydroxylation sites is 1.